The molecular formula is C17H28N4O9S2. The van der Waals surface area contributed by atoms with E-state index in [0.717, 1.165) is 0 Å². The molecule has 4 unspecified atom stereocenters. The van der Waals surface area contributed by atoms with Gasteiger partial charge in [-0.1, -0.05) is 0 Å². The van der Waals surface area contributed by atoms with Gasteiger partial charge in [0.1, 0.15) is 18.1 Å². The Balaban J connectivity index is 5.51. The lowest BCUT2D eigenvalue weighted by molar-refractivity contribution is -0.143. The van der Waals surface area contributed by atoms with E-state index in [0.29, 0.717) is 5.75 Å². The first-order valence-electron chi connectivity index (χ1n) is 9.35. The molecule has 0 aromatic carbocycles. The molecule has 0 aliphatic rings. The number of thioether (sulfide) groups is 1. The van der Waals surface area contributed by atoms with Gasteiger partial charge in [-0.15, -0.1) is 0 Å². The number of nitrogens with two attached hydrogens (primary N) is 1. The summed E-state index contributed by atoms with van der Waals surface area (Å²) in [6.45, 7) is 0. The van der Waals surface area contributed by atoms with Crippen LogP contribution in [0.5, 0.6) is 0 Å². The van der Waals surface area contributed by atoms with Gasteiger partial charge in [-0.3, -0.25) is 24.0 Å². The van der Waals surface area contributed by atoms with Crippen molar-refractivity contribution in [3.05, 3.63) is 0 Å². The second-order valence-corrected chi connectivity index (χ2v) is 7.97. The Labute approximate surface area is 193 Å². The Morgan fingerprint density at radius 3 is 1.84 bits per heavy atom. The predicted molar refractivity (Wildman–Crippen MR) is 117 cm³/mol. The Bertz CT molecular complexity index is 708. The van der Waals surface area contributed by atoms with Gasteiger partial charge in [0.2, 0.25) is 17.7 Å². The first kappa shape index (κ1) is 29.5. The largest absolute Gasteiger partial charge is 0.481 e. The summed E-state index contributed by atoms with van der Waals surface area (Å²) in [4.78, 5) is 70.5. The number of carbonyl (C=O) groups excluding carboxylic acids is 3. The Morgan fingerprint density at radius 2 is 1.38 bits per heavy atom. The van der Waals surface area contributed by atoms with Crippen LogP contribution in [0, 0.1) is 0 Å². The van der Waals surface area contributed by atoms with E-state index in [2.05, 4.69) is 28.6 Å². The van der Waals surface area contributed by atoms with Crippen LogP contribution in [-0.4, -0.2) is 92.9 Å². The number of carboxylic acid groups (broad SMARTS) is 3. The lowest BCUT2D eigenvalue weighted by Crippen LogP contribution is -2.57. The molecular weight excluding hydrogens is 468 g/mol. The molecule has 8 N–H and O–H groups in total. The molecule has 182 valence electrons. The van der Waals surface area contributed by atoms with E-state index >= 15 is 0 Å². The van der Waals surface area contributed by atoms with Gasteiger partial charge in [-0.05, 0) is 24.9 Å². The molecule has 0 rings (SSSR count). The van der Waals surface area contributed by atoms with Crippen molar-refractivity contribution in [1.82, 2.24) is 16.0 Å². The highest BCUT2D eigenvalue weighted by atomic mass is 32.2. The maximum atomic E-state index is 12.6. The Morgan fingerprint density at radius 1 is 0.844 bits per heavy atom. The fourth-order valence-electron chi connectivity index (χ4n) is 2.32. The van der Waals surface area contributed by atoms with Gasteiger partial charge in [0.15, 0.2) is 0 Å². The summed E-state index contributed by atoms with van der Waals surface area (Å²) in [5, 5.41) is 33.7. The summed E-state index contributed by atoms with van der Waals surface area (Å²) in [5.41, 5.74) is 5.50. The molecule has 0 aliphatic carbocycles. The monoisotopic (exact) mass is 496 g/mol. The number of hydrogen-bond donors (Lipinski definition) is 8. The third-order valence-electron chi connectivity index (χ3n) is 4.05. The first-order valence-corrected chi connectivity index (χ1v) is 11.4. The average Bonchev–Trinajstić information content (AvgIpc) is 2.71. The molecule has 0 aromatic heterocycles. The SMILES string of the molecule is CSCCC(NC(=O)C(CCC(=O)O)NC(=O)C(CC(=O)O)NC(=O)C(N)CS)C(=O)O. The molecule has 0 bridgehead atoms. The molecule has 0 spiro atoms. The summed E-state index contributed by atoms with van der Waals surface area (Å²) in [6.07, 6.45) is 0.0525. The van der Waals surface area contributed by atoms with Crippen molar-refractivity contribution >= 4 is 60.0 Å². The molecule has 0 saturated heterocycles. The third kappa shape index (κ3) is 11.8. The summed E-state index contributed by atoms with van der Waals surface area (Å²) >= 11 is 5.19. The number of hydrogen-bond acceptors (Lipinski definition) is 9. The standard InChI is InChI=1S/C17H28N4O9S2/c1-32-5-4-10(17(29)30)20-15(27)9(2-3-12(22)23)19-16(28)11(6-13(24)25)21-14(26)8(18)7-31/h8-11,31H,2-7,18H2,1H3,(H,19,28)(H,20,27)(H,21,26)(H,22,23)(H,24,25)(H,29,30). The molecule has 0 aliphatic heterocycles. The van der Waals surface area contributed by atoms with E-state index in [4.69, 9.17) is 15.9 Å². The summed E-state index contributed by atoms with van der Waals surface area (Å²) < 4.78 is 0. The van der Waals surface area contributed by atoms with Gasteiger partial charge < -0.3 is 37.0 Å². The van der Waals surface area contributed by atoms with Gasteiger partial charge in [-0.2, -0.15) is 24.4 Å². The van der Waals surface area contributed by atoms with Gasteiger partial charge in [0.25, 0.3) is 0 Å². The van der Waals surface area contributed by atoms with Crippen LogP contribution in [0.3, 0.4) is 0 Å². The maximum absolute atomic E-state index is 12.6. The van der Waals surface area contributed by atoms with Crippen molar-refractivity contribution in [2.24, 2.45) is 5.73 Å². The van der Waals surface area contributed by atoms with E-state index < -0.39 is 79.1 Å². The Hall–Kier alpha value is -2.52. The average molecular weight is 497 g/mol. The number of rotatable bonds is 16. The summed E-state index contributed by atoms with van der Waals surface area (Å²) in [6, 6.07) is -5.50. The van der Waals surface area contributed by atoms with Crippen molar-refractivity contribution in [1.29, 1.82) is 0 Å². The molecule has 3 amide bonds. The van der Waals surface area contributed by atoms with Crippen molar-refractivity contribution in [2.45, 2.75) is 49.9 Å². The van der Waals surface area contributed by atoms with E-state index in [9.17, 15) is 33.9 Å². The molecule has 15 heteroatoms. The summed E-state index contributed by atoms with van der Waals surface area (Å²) in [7, 11) is 0. The molecule has 13 nitrogen and oxygen atoms in total. The highest BCUT2D eigenvalue weighted by Crippen LogP contribution is 2.05. The van der Waals surface area contributed by atoms with E-state index in [1.165, 1.54) is 11.8 Å². The number of amides is 3. The topological polar surface area (TPSA) is 225 Å². The number of carbonyl (C=O) groups is 6. The zero-order valence-electron chi connectivity index (χ0n) is 17.3. The quantitative estimate of drug-likeness (QED) is 0.108. The van der Waals surface area contributed by atoms with Crippen LogP contribution in [-0.2, 0) is 28.8 Å². The second-order valence-electron chi connectivity index (χ2n) is 6.62. The fraction of sp³-hybridized carbons (Fsp3) is 0.647. The molecule has 0 fully saturated rings. The second kappa shape index (κ2) is 15.3. The zero-order chi connectivity index (χ0) is 24.8. The number of aliphatic carboxylic acids is 3. The maximum Gasteiger partial charge on any atom is 0.326 e. The van der Waals surface area contributed by atoms with Gasteiger partial charge >= 0.3 is 17.9 Å². The molecule has 32 heavy (non-hydrogen) atoms. The lowest BCUT2D eigenvalue weighted by Gasteiger charge is -2.24. The van der Waals surface area contributed by atoms with E-state index in [-0.39, 0.29) is 12.2 Å². The summed E-state index contributed by atoms with van der Waals surface area (Å²) in [5.74, 6) is -6.56. The normalized spacial score (nSPS) is 14.3. The van der Waals surface area contributed by atoms with Crippen molar-refractivity contribution in [2.75, 3.05) is 17.8 Å². The van der Waals surface area contributed by atoms with Crippen LogP contribution in [0.15, 0.2) is 0 Å². The van der Waals surface area contributed by atoms with Crippen molar-refractivity contribution in [3.8, 4) is 0 Å². The van der Waals surface area contributed by atoms with E-state index in [1.54, 1.807) is 6.26 Å². The van der Waals surface area contributed by atoms with Crippen LogP contribution in [0.4, 0.5) is 0 Å². The van der Waals surface area contributed by atoms with Gasteiger partial charge in [0.05, 0.1) is 12.5 Å². The molecule has 0 saturated carbocycles. The van der Waals surface area contributed by atoms with E-state index in [1.807, 2.05) is 0 Å². The lowest BCUT2D eigenvalue weighted by atomic mass is 10.1. The minimum atomic E-state index is -1.61. The molecule has 4 atom stereocenters. The predicted octanol–water partition coefficient (Wildman–Crippen LogP) is -2.12. The first-order chi connectivity index (χ1) is 14.9. The molecule has 0 heterocycles. The van der Waals surface area contributed by atoms with Crippen molar-refractivity contribution < 1.29 is 44.1 Å². The Kier molecular flexibility index (Phi) is 14.1. The van der Waals surface area contributed by atoms with Crippen molar-refractivity contribution in [3.63, 3.8) is 0 Å². The van der Waals surface area contributed by atoms with Crippen LogP contribution in [0.2, 0.25) is 0 Å². The number of carboxylic acids is 3. The van der Waals surface area contributed by atoms with Crippen LogP contribution in [0.25, 0.3) is 0 Å². The third-order valence-corrected chi connectivity index (χ3v) is 5.09. The van der Waals surface area contributed by atoms with Crippen LogP contribution in [0.1, 0.15) is 25.7 Å². The number of thiol groups is 1. The van der Waals surface area contributed by atoms with Gasteiger partial charge in [-0.25, -0.2) is 4.79 Å². The van der Waals surface area contributed by atoms with Crippen LogP contribution >= 0.6 is 24.4 Å². The fourth-order valence-corrected chi connectivity index (χ4v) is 2.96. The minimum Gasteiger partial charge on any atom is -0.481 e. The molecule has 0 radical (unpaired) electrons. The highest BCUT2D eigenvalue weighted by molar-refractivity contribution is 7.98. The van der Waals surface area contributed by atoms with Gasteiger partial charge in [0, 0.05) is 12.2 Å². The zero-order valence-corrected chi connectivity index (χ0v) is 19.0. The highest BCUT2D eigenvalue weighted by Gasteiger charge is 2.31. The molecule has 0 aromatic rings. The van der Waals surface area contributed by atoms with Crippen LogP contribution < -0.4 is 21.7 Å². The number of nitrogens with one attached hydrogen (secondary N) is 3. The smallest absolute Gasteiger partial charge is 0.326 e. The minimum absolute atomic E-state index is 0.0799.